The lowest BCUT2D eigenvalue weighted by Crippen LogP contribution is -2.47. The lowest BCUT2D eigenvalue weighted by molar-refractivity contribution is 0.0428. The molecule has 8 aromatic carbocycles. The molecule has 4 aromatic heterocycles. The third kappa shape index (κ3) is 23.6. The number of hydrogen-bond acceptors (Lipinski definition) is 21. The molecule has 4 aliphatic heterocycles. The van der Waals surface area contributed by atoms with Gasteiger partial charge in [0.2, 0.25) is 0 Å². The van der Waals surface area contributed by atoms with Gasteiger partial charge in [0.05, 0.1) is 95.8 Å². The normalized spacial score (nSPS) is 18.9. The first-order chi connectivity index (χ1) is 62.6. The number of hydrogen-bond donors (Lipinski definition) is 5. The Morgan fingerprint density at radius 2 is 0.679 bits per heavy atom. The Morgan fingerprint density at radius 3 is 0.969 bits per heavy atom. The molecule has 0 saturated carbocycles. The van der Waals surface area contributed by atoms with E-state index in [1.807, 2.05) is 93.0 Å². The van der Waals surface area contributed by atoms with Crippen molar-refractivity contribution in [3.8, 4) is 0 Å². The van der Waals surface area contributed by atoms with Crippen molar-refractivity contribution in [2.24, 2.45) is 38.9 Å². The van der Waals surface area contributed by atoms with Crippen molar-refractivity contribution in [2.75, 3.05) is 76.9 Å². The number of fused-ring (bicyclic) bond motifs is 4. The summed E-state index contributed by atoms with van der Waals surface area (Å²) in [6, 6.07) is 56.7. The van der Waals surface area contributed by atoms with Gasteiger partial charge in [-0.2, -0.15) is 0 Å². The van der Waals surface area contributed by atoms with Crippen molar-refractivity contribution < 1.29 is 9.53 Å². The summed E-state index contributed by atoms with van der Waals surface area (Å²) in [4.78, 5) is 63.8. The summed E-state index contributed by atoms with van der Waals surface area (Å²) in [6.07, 6.45) is 26.7. The van der Waals surface area contributed by atoms with Gasteiger partial charge in [-0.05, 0) is 228 Å². The summed E-state index contributed by atoms with van der Waals surface area (Å²) in [5.41, 5.74) is 30.7. The molecule has 1 amide bonds. The fourth-order valence-corrected chi connectivity index (χ4v) is 23.7. The maximum atomic E-state index is 12.8. The Balaban J connectivity index is 0.000000136. The molecule has 4 saturated heterocycles. The van der Waals surface area contributed by atoms with Gasteiger partial charge in [0, 0.05) is 95.5 Å². The van der Waals surface area contributed by atoms with Crippen molar-refractivity contribution >= 4 is 221 Å². The van der Waals surface area contributed by atoms with Crippen LogP contribution in [0.2, 0.25) is 40.2 Å². The molecule has 0 bridgehead atoms. The van der Waals surface area contributed by atoms with E-state index in [-0.39, 0.29) is 64.3 Å². The molecular formula is C98H101BrCl9IN16O2S4. The summed E-state index contributed by atoms with van der Waals surface area (Å²) in [6.45, 7) is 13.1. The van der Waals surface area contributed by atoms with Crippen LogP contribution in [0.4, 0.5) is 28.1 Å². The van der Waals surface area contributed by atoms with E-state index in [0.29, 0.717) is 45.1 Å². The van der Waals surface area contributed by atoms with Crippen LogP contribution in [0.1, 0.15) is 141 Å². The van der Waals surface area contributed by atoms with Gasteiger partial charge in [-0.3, -0.25) is 0 Å². The van der Waals surface area contributed by atoms with E-state index in [4.69, 9.17) is 115 Å². The molecule has 8 aliphatic rings. The van der Waals surface area contributed by atoms with E-state index in [1.165, 1.54) is 79.8 Å². The van der Waals surface area contributed by atoms with Crippen LogP contribution in [0.25, 0.3) is 0 Å². The number of thiol groups is 1. The highest BCUT2D eigenvalue weighted by Gasteiger charge is 2.51. The van der Waals surface area contributed by atoms with Crippen molar-refractivity contribution in [3.63, 3.8) is 0 Å². The van der Waals surface area contributed by atoms with Crippen molar-refractivity contribution in [1.82, 2.24) is 45.2 Å². The molecule has 131 heavy (non-hydrogen) atoms. The van der Waals surface area contributed by atoms with Gasteiger partial charge in [0.25, 0.3) is 0 Å². The van der Waals surface area contributed by atoms with E-state index in [0.717, 1.165) is 187 Å². The third-order valence-corrected chi connectivity index (χ3v) is 33.5. The van der Waals surface area contributed by atoms with Gasteiger partial charge < -0.3 is 46.9 Å². The first kappa shape index (κ1) is 101. The molecule has 0 unspecified atom stereocenters. The highest BCUT2D eigenvalue weighted by molar-refractivity contribution is 14.1. The topological polar surface area (TPSA) is 232 Å². The number of aromatic nitrogens is 8. The zero-order valence-electron chi connectivity index (χ0n) is 72.5. The van der Waals surface area contributed by atoms with Gasteiger partial charge in [-0.15, -0.1) is 25.0 Å². The van der Waals surface area contributed by atoms with Crippen LogP contribution in [-0.4, -0.2) is 109 Å². The molecule has 4 atom stereocenters. The number of piperidine rings is 4. The van der Waals surface area contributed by atoms with Crippen LogP contribution in [0.5, 0.6) is 0 Å². The number of nitrogens with two attached hydrogens (primary N) is 3. The standard InChI is InChI=1S/C28H30Cl2N4O2S.2C23H22Cl2N4S.C17H19BrN4.C6H4Cl2S.CH3I.ClH/c1-27(2,3)36-26(35)33-25-19-8-5-4-7-18(19)15-28(25)11-13-34(14-12-28)22-16-32-23(17-31-22)37-21-10-6-9-20(29)24(21)30;2*24-17-6-3-7-18(21(17)25)30-20-14-27-19(13-28-20)29-10-8-23(9-11-29)12-15-4-1-2-5-16(15)22(23)26;18-14-10-21-15(11-20-14)22-7-5-17(6-8-22)9-12-3-1-2-4-13(12)16(17)19;7-4-2-1-3-5(9)6(4)8;1-2;/h4-10,16-17,25H,11-15H2,1-3H3,(H,33,35);2*1-7,13-14,22H,8-12,26H2;1-4,10-11,16H,5-9,19H2;1-3,9H;1H3;1H/t25-;2*22-;16-;;;/m1111.../s1. The summed E-state index contributed by atoms with van der Waals surface area (Å²) in [5, 5.41) is 9.85. The summed E-state index contributed by atoms with van der Waals surface area (Å²) in [5.74, 6) is 3.64. The minimum absolute atomic E-state index is 0. The second-order valence-corrected chi connectivity index (χ2v) is 42.4. The molecule has 0 radical (unpaired) electrons. The van der Waals surface area contributed by atoms with Gasteiger partial charge >= 0.3 is 6.09 Å². The maximum Gasteiger partial charge on any atom is 0.408 e. The summed E-state index contributed by atoms with van der Waals surface area (Å²) >= 11 is 62.4. The minimum atomic E-state index is -0.542. The van der Waals surface area contributed by atoms with E-state index in [1.54, 1.807) is 61.2 Å². The Bertz CT molecular complexity index is 5730. The predicted molar refractivity (Wildman–Crippen MR) is 557 cm³/mol. The van der Waals surface area contributed by atoms with Gasteiger partial charge in [0.15, 0.2) is 0 Å². The van der Waals surface area contributed by atoms with E-state index in [2.05, 4.69) is 207 Å². The van der Waals surface area contributed by atoms with Crippen LogP contribution in [0, 0.1) is 21.7 Å². The number of amides is 1. The Kier molecular flexibility index (Phi) is 34.4. The van der Waals surface area contributed by atoms with Crippen LogP contribution in [0.15, 0.2) is 259 Å². The Morgan fingerprint density at radius 1 is 0.397 bits per heavy atom. The number of alkyl halides is 1. The fourth-order valence-electron chi connectivity index (χ4n) is 19.1. The second kappa shape index (κ2) is 44.8. The number of nitrogens with zero attached hydrogens (tertiary/aromatic N) is 12. The predicted octanol–water partition coefficient (Wildman–Crippen LogP) is 26.7. The number of rotatable bonds is 11. The molecule has 20 rings (SSSR count). The smallest absolute Gasteiger partial charge is 0.408 e. The molecule has 33 heteroatoms. The number of ether oxygens (including phenoxy) is 1. The van der Waals surface area contributed by atoms with Crippen LogP contribution in [0.3, 0.4) is 0 Å². The van der Waals surface area contributed by atoms with E-state index >= 15 is 0 Å². The highest BCUT2D eigenvalue weighted by atomic mass is 127. The fraction of sp³-hybridized carbons (Fsp3) is 0.337. The molecular weight excluding hydrogens is 2090 g/mol. The van der Waals surface area contributed by atoms with Gasteiger partial charge in [0.1, 0.15) is 48.6 Å². The number of anilines is 4. The van der Waals surface area contributed by atoms with Crippen LogP contribution >= 0.6 is 192 Å². The number of alkyl carbamates (subject to hydrolysis) is 1. The van der Waals surface area contributed by atoms with Crippen LogP contribution < -0.4 is 42.1 Å². The number of carbonyl (C=O) groups is 1. The number of nitrogens with one attached hydrogen (secondary N) is 1. The third-order valence-electron chi connectivity index (χ3n) is 26.1. The minimum Gasteiger partial charge on any atom is -0.444 e. The first-order valence-corrected chi connectivity index (χ1v) is 51.9. The molecule has 8 heterocycles. The zero-order chi connectivity index (χ0) is 91.7. The van der Waals surface area contributed by atoms with E-state index < -0.39 is 5.60 Å². The van der Waals surface area contributed by atoms with Crippen molar-refractivity contribution in [2.45, 2.75) is 162 Å². The largest absolute Gasteiger partial charge is 0.444 e. The molecule has 7 N–H and O–H groups in total. The second-order valence-electron chi connectivity index (χ2n) is 34.8. The van der Waals surface area contributed by atoms with E-state index in [9.17, 15) is 4.79 Å². The maximum absolute atomic E-state index is 12.8. The highest BCUT2D eigenvalue weighted by Crippen LogP contribution is 2.56. The average Bonchev–Trinajstić information content (AvgIpc) is 1.66. The zero-order valence-corrected chi connectivity index (χ0v) is 86.5. The van der Waals surface area contributed by atoms with Crippen molar-refractivity contribution in [3.05, 3.63) is 309 Å². The first-order valence-electron chi connectivity index (χ1n) is 43.0. The molecule has 4 spiro atoms. The SMILES string of the molecule is CC(C)(C)OC(=O)N[C@@H]1c2ccccc2CC12CCN(c1cnc(Sc3cccc(Cl)c3Cl)cn1)CC2.CI.Cl.N[C@@H]1c2ccccc2CC12CCN(c1cnc(Br)cn1)CC2.N[C@@H]1c2ccccc2CC12CCN(c1cnc(Sc3cccc(Cl)c3Cl)cn1)CC2.N[C@@H]1c2ccccc2CC12CCN(c1cnc(Sc3cccc(Cl)c3Cl)cn1)CC2.Sc1cccc(Cl)c1Cl. The molecule has 18 nitrogen and oxygen atoms in total. The van der Waals surface area contributed by atoms with Gasteiger partial charge in [-0.1, -0.05) is 272 Å². The molecule has 12 aromatic rings. The lowest BCUT2D eigenvalue weighted by Gasteiger charge is -2.43. The van der Waals surface area contributed by atoms with Crippen molar-refractivity contribution in [1.29, 1.82) is 0 Å². The Hall–Kier alpha value is -6.35. The summed E-state index contributed by atoms with van der Waals surface area (Å²) in [7, 11) is 0. The Labute approximate surface area is 853 Å². The lowest BCUT2D eigenvalue weighted by atomic mass is 9.72. The molecule has 4 aliphatic carbocycles. The quantitative estimate of drug-likeness (QED) is 0.0460. The number of benzene rings is 8. The molecule has 4 fully saturated rings. The monoisotopic (exact) mass is 2180 g/mol. The number of halogens is 11. The molecule has 686 valence electrons. The van der Waals surface area contributed by atoms with Gasteiger partial charge in [-0.25, -0.2) is 44.7 Å². The summed E-state index contributed by atoms with van der Waals surface area (Å²) < 4.78 is 6.39. The van der Waals surface area contributed by atoms with Crippen LogP contribution in [-0.2, 0) is 30.4 Å². The number of carbonyl (C=O) groups excluding carboxylic acids is 1. The average molecular weight is 2190 g/mol.